The number of likely N-dealkylation sites (tertiary alicyclic amines) is 1. The van der Waals surface area contributed by atoms with Gasteiger partial charge in [-0.1, -0.05) is 12.8 Å². The van der Waals surface area contributed by atoms with Crippen molar-refractivity contribution in [2.45, 2.75) is 87.6 Å². The molecule has 0 aromatic rings. The molecular weight excluding hydrogens is 350 g/mol. The monoisotopic (exact) mass is 383 g/mol. The van der Waals surface area contributed by atoms with E-state index in [2.05, 4.69) is 5.32 Å². The zero-order valence-corrected chi connectivity index (χ0v) is 16.7. The normalized spacial score (nSPS) is 36.0. The van der Waals surface area contributed by atoms with Crippen LogP contribution in [0.2, 0.25) is 0 Å². The molecule has 1 aliphatic carbocycles. The van der Waals surface area contributed by atoms with Crippen LogP contribution in [0.1, 0.15) is 64.2 Å². The summed E-state index contributed by atoms with van der Waals surface area (Å²) in [5.74, 6) is 0.333. The highest BCUT2D eigenvalue weighted by Crippen LogP contribution is 2.33. The van der Waals surface area contributed by atoms with E-state index in [9.17, 15) is 13.2 Å². The van der Waals surface area contributed by atoms with Crippen molar-refractivity contribution in [2.24, 2.45) is 5.92 Å². The molecule has 4 aliphatic rings. The topological polar surface area (TPSA) is 69.7 Å². The van der Waals surface area contributed by atoms with E-state index in [0.717, 1.165) is 51.5 Å². The second kappa shape index (κ2) is 7.40. The highest BCUT2D eigenvalue weighted by molar-refractivity contribution is 7.89. The Balaban J connectivity index is 1.42. The van der Waals surface area contributed by atoms with Gasteiger partial charge in [0, 0.05) is 44.2 Å². The van der Waals surface area contributed by atoms with E-state index in [1.807, 2.05) is 4.90 Å². The molecule has 2 bridgehead atoms. The number of hydrogen-bond acceptors (Lipinski definition) is 4. The molecule has 1 N–H and O–H groups in total. The maximum Gasteiger partial charge on any atom is 0.225 e. The van der Waals surface area contributed by atoms with E-state index in [4.69, 9.17) is 0 Å². The van der Waals surface area contributed by atoms with Gasteiger partial charge in [0.05, 0.1) is 5.25 Å². The molecule has 0 spiro atoms. The molecule has 3 aliphatic heterocycles. The Morgan fingerprint density at radius 3 is 2.31 bits per heavy atom. The van der Waals surface area contributed by atoms with Crippen LogP contribution in [-0.2, 0) is 14.8 Å². The van der Waals surface area contributed by atoms with Gasteiger partial charge in [0.15, 0.2) is 0 Å². The molecule has 4 fully saturated rings. The molecule has 0 aromatic carbocycles. The van der Waals surface area contributed by atoms with E-state index in [1.54, 1.807) is 11.4 Å². The predicted molar refractivity (Wildman–Crippen MR) is 101 cm³/mol. The molecule has 3 heterocycles. The van der Waals surface area contributed by atoms with Crippen LogP contribution in [0.4, 0.5) is 0 Å². The van der Waals surface area contributed by atoms with Crippen LogP contribution in [0.25, 0.3) is 0 Å². The summed E-state index contributed by atoms with van der Waals surface area (Å²) in [6.07, 6.45) is 9.87. The molecule has 148 valence electrons. The van der Waals surface area contributed by atoms with Gasteiger partial charge >= 0.3 is 0 Å². The van der Waals surface area contributed by atoms with Gasteiger partial charge in [0.2, 0.25) is 15.9 Å². The molecule has 1 saturated carbocycles. The van der Waals surface area contributed by atoms with Gasteiger partial charge in [0.25, 0.3) is 0 Å². The lowest BCUT2D eigenvalue weighted by molar-refractivity contribution is -0.136. The number of piperidine rings is 2. The summed E-state index contributed by atoms with van der Waals surface area (Å²) in [5.41, 5.74) is 0. The molecule has 3 unspecified atom stereocenters. The van der Waals surface area contributed by atoms with Gasteiger partial charge in [-0.15, -0.1) is 0 Å². The van der Waals surface area contributed by atoms with Gasteiger partial charge in [-0.2, -0.15) is 0 Å². The number of amides is 1. The van der Waals surface area contributed by atoms with Crippen LogP contribution in [0.5, 0.6) is 0 Å². The average Bonchev–Trinajstić information content (AvgIpc) is 3.30. The Morgan fingerprint density at radius 2 is 1.65 bits per heavy atom. The quantitative estimate of drug-likeness (QED) is 0.802. The molecule has 3 atom stereocenters. The summed E-state index contributed by atoms with van der Waals surface area (Å²) in [6.45, 7) is 1.11. The number of hydrogen-bond donors (Lipinski definition) is 1. The van der Waals surface area contributed by atoms with Crippen molar-refractivity contribution in [3.8, 4) is 0 Å². The first-order valence-corrected chi connectivity index (χ1v) is 12.0. The Kier molecular flexibility index (Phi) is 5.32. The lowest BCUT2D eigenvalue weighted by Crippen LogP contribution is -2.54. The third-order valence-electron chi connectivity index (χ3n) is 7.18. The second-order valence-corrected chi connectivity index (χ2v) is 11.1. The first kappa shape index (κ1) is 18.7. The van der Waals surface area contributed by atoms with Crippen LogP contribution in [0.3, 0.4) is 0 Å². The number of rotatable bonds is 4. The van der Waals surface area contributed by atoms with Gasteiger partial charge in [-0.25, -0.2) is 12.7 Å². The largest absolute Gasteiger partial charge is 0.341 e. The fourth-order valence-electron chi connectivity index (χ4n) is 5.58. The van der Waals surface area contributed by atoms with Gasteiger partial charge in [-0.3, -0.25) is 4.79 Å². The SMILES string of the molecule is CN(C1CC2CCC(C1)N2)S(=O)(=O)C1CCCN(C(=O)C2CCCC2)C1. The molecule has 0 radical (unpaired) electrons. The fraction of sp³-hybridized carbons (Fsp3) is 0.947. The maximum atomic E-state index is 13.3. The van der Waals surface area contributed by atoms with Crippen LogP contribution >= 0.6 is 0 Å². The Bertz CT molecular complexity index is 620. The van der Waals surface area contributed by atoms with E-state index >= 15 is 0 Å². The molecule has 26 heavy (non-hydrogen) atoms. The van der Waals surface area contributed by atoms with E-state index in [1.165, 1.54) is 12.8 Å². The highest BCUT2D eigenvalue weighted by Gasteiger charge is 2.42. The van der Waals surface area contributed by atoms with E-state index in [-0.39, 0.29) is 17.9 Å². The number of nitrogens with zero attached hydrogens (tertiary/aromatic N) is 2. The van der Waals surface area contributed by atoms with Crippen LogP contribution < -0.4 is 5.32 Å². The fourth-order valence-corrected chi connectivity index (χ4v) is 7.47. The number of carbonyl (C=O) groups is 1. The summed E-state index contributed by atoms with van der Waals surface area (Å²) in [4.78, 5) is 14.6. The lowest BCUT2D eigenvalue weighted by Gasteiger charge is -2.39. The highest BCUT2D eigenvalue weighted by atomic mass is 32.2. The summed E-state index contributed by atoms with van der Waals surface area (Å²) in [6, 6.07) is 1.06. The molecule has 6 nitrogen and oxygen atoms in total. The summed E-state index contributed by atoms with van der Waals surface area (Å²) in [7, 11) is -1.59. The minimum Gasteiger partial charge on any atom is -0.341 e. The summed E-state index contributed by atoms with van der Waals surface area (Å²) >= 11 is 0. The minimum atomic E-state index is -3.36. The van der Waals surface area contributed by atoms with Gasteiger partial charge in [-0.05, 0) is 51.4 Å². The van der Waals surface area contributed by atoms with Crippen molar-refractivity contribution in [1.29, 1.82) is 0 Å². The van der Waals surface area contributed by atoms with Crippen molar-refractivity contribution in [3.63, 3.8) is 0 Å². The van der Waals surface area contributed by atoms with Crippen molar-refractivity contribution in [2.75, 3.05) is 20.1 Å². The molecule has 3 saturated heterocycles. The zero-order chi connectivity index (χ0) is 18.3. The van der Waals surface area contributed by atoms with Crippen LogP contribution in [0, 0.1) is 5.92 Å². The first-order valence-electron chi connectivity index (χ1n) is 10.5. The van der Waals surface area contributed by atoms with E-state index < -0.39 is 15.3 Å². The number of nitrogens with one attached hydrogen (secondary N) is 1. The Labute approximate surface area is 157 Å². The molecule has 1 amide bonds. The van der Waals surface area contributed by atoms with Gasteiger partial charge in [0.1, 0.15) is 0 Å². The maximum absolute atomic E-state index is 13.3. The molecule has 4 rings (SSSR count). The molecule has 7 heteroatoms. The average molecular weight is 384 g/mol. The Morgan fingerprint density at radius 1 is 1.00 bits per heavy atom. The predicted octanol–water partition coefficient (Wildman–Crippen LogP) is 1.71. The van der Waals surface area contributed by atoms with Crippen molar-refractivity contribution in [1.82, 2.24) is 14.5 Å². The number of fused-ring (bicyclic) bond motifs is 2. The third-order valence-corrected chi connectivity index (χ3v) is 9.51. The zero-order valence-electron chi connectivity index (χ0n) is 15.9. The smallest absolute Gasteiger partial charge is 0.225 e. The summed E-state index contributed by atoms with van der Waals surface area (Å²) < 4.78 is 28.2. The second-order valence-electron chi connectivity index (χ2n) is 8.85. The van der Waals surface area contributed by atoms with Crippen molar-refractivity contribution >= 4 is 15.9 Å². The summed E-state index contributed by atoms with van der Waals surface area (Å²) in [5, 5.41) is 3.15. The van der Waals surface area contributed by atoms with Crippen molar-refractivity contribution in [3.05, 3.63) is 0 Å². The van der Waals surface area contributed by atoms with Crippen LogP contribution in [0.15, 0.2) is 0 Å². The molecular formula is C19H33N3O3S. The minimum absolute atomic E-state index is 0.111. The lowest BCUT2D eigenvalue weighted by atomic mass is 10.0. The number of carbonyl (C=O) groups excluding carboxylic acids is 1. The van der Waals surface area contributed by atoms with Gasteiger partial charge < -0.3 is 10.2 Å². The molecule has 0 aromatic heterocycles. The van der Waals surface area contributed by atoms with Crippen LogP contribution in [-0.4, -0.2) is 67.0 Å². The van der Waals surface area contributed by atoms with Crippen molar-refractivity contribution < 1.29 is 13.2 Å². The van der Waals surface area contributed by atoms with E-state index in [0.29, 0.717) is 25.0 Å². The number of sulfonamides is 1. The first-order chi connectivity index (χ1) is 12.4. The standard InChI is InChI=1S/C19H33N3O3S/c1-21(17-11-15-8-9-16(12-17)20-15)26(24,25)18-7-4-10-22(13-18)19(23)14-5-2-3-6-14/h14-18,20H,2-13H2,1H3. The Hall–Kier alpha value is -0.660. The third kappa shape index (κ3) is 3.54.